The molecule has 0 saturated carbocycles. The van der Waals surface area contributed by atoms with Gasteiger partial charge in [-0.15, -0.1) is 0 Å². The van der Waals surface area contributed by atoms with Crippen molar-refractivity contribution in [2.45, 2.75) is 34.6 Å². The fraction of sp³-hybridized carbons (Fsp3) is 0.417. The largest absolute Gasteiger partial charge is 0.366 e. The van der Waals surface area contributed by atoms with Crippen molar-refractivity contribution < 1.29 is 4.79 Å². The molecule has 2 nitrogen and oxygen atoms in total. The first-order valence-electron chi connectivity index (χ1n) is 5.06. The van der Waals surface area contributed by atoms with Gasteiger partial charge in [0.05, 0.1) is 0 Å². The molecule has 0 fully saturated rings. The van der Waals surface area contributed by atoms with E-state index < -0.39 is 0 Å². The van der Waals surface area contributed by atoms with Crippen molar-refractivity contribution in [3.63, 3.8) is 0 Å². The van der Waals surface area contributed by atoms with Gasteiger partial charge in [0.1, 0.15) is 0 Å². The lowest BCUT2D eigenvalue weighted by atomic mass is 10.1. The van der Waals surface area contributed by atoms with Gasteiger partial charge < -0.3 is 5.73 Å². The van der Waals surface area contributed by atoms with E-state index in [0.717, 1.165) is 5.56 Å². The highest BCUT2D eigenvalue weighted by atomic mass is 16.1. The Balaban J connectivity index is 0. The van der Waals surface area contributed by atoms with Crippen molar-refractivity contribution in [3.8, 4) is 0 Å². The maximum atomic E-state index is 10.6. The molecule has 0 aliphatic rings. The molecule has 1 aromatic rings. The van der Waals surface area contributed by atoms with E-state index in [2.05, 4.69) is 0 Å². The highest BCUT2D eigenvalue weighted by Gasteiger charge is 1.96. The Hall–Kier alpha value is -1.31. The standard InChI is InChI=1S/C8H9NO.2C2H6/c1-6-3-2-4-7(5-6)8(9)10;2*1-2/h2-5H,1H3,(H2,9,10);2*1-2H3. The maximum absolute atomic E-state index is 10.6. The molecule has 0 bridgehead atoms. The van der Waals surface area contributed by atoms with Gasteiger partial charge in [0.25, 0.3) is 0 Å². The van der Waals surface area contributed by atoms with Crippen molar-refractivity contribution in [1.29, 1.82) is 0 Å². The van der Waals surface area contributed by atoms with Crippen LogP contribution in [0.4, 0.5) is 0 Å². The van der Waals surface area contributed by atoms with Crippen molar-refractivity contribution >= 4 is 5.91 Å². The van der Waals surface area contributed by atoms with Gasteiger partial charge in [0.15, 0.2) is 0 Å². The summed E-state index contributed by atoms with van der Waals surface area (Å²) in [5.41, 5.74) is 6.67. The minimum absolute atomic E-state index is 0.372. The van der Waals surface area contributed by atoms with Crippen LogP contribution in [0.1, 0.15) is 43.6 Å². The molecule has 1 amide bonds. The van der Waals surface area contributed by atoms with Crippen LogP contribution in [0, 0.1) is 6.92 Å². The lowest BCUT2D eigenvalue weighted by Gasteiger charge is -1.94. The van der Waals surface area contributed by atoms with Crippen LogP contribution in [0.3, 0.4) is 0 Å². The first-order chi connectivity index (χ1) is 6.70. The van der Waals surface area contributed by atoms with E-state index in [1.54, 1.807) is 12.1 Å². The predicted octanol–water partition coefficient (Wildman–Crippen LogP) is 3.15. The van der Waals surface area contributed by atoms with Gasteiger partial charge in [-0.05, 0) is 19.1 Å². The summed E-state index contributed by atoms with van der Waals surface area (Å²) in [6.45, 7) is 9.92. The maximum Gasteiger partial charge on any atom is 0.248 e. The Labute approximate surface area is 87.1 Å². The zero-order valence-electron chi connectivity index (χ0n) is 9.79. The summed E-state index contributed by atoms with van der Waals surface area (Å²) < 4.78 is 0. The highest BCUT2D eigenvalue weighted by molar-refractivity contribution is 5.92. The molecule has 0 saturated heterocycles. The van der Waals surface area contributed by atoms with Gasteiger partial charge in [-0.25, -0.2) is 0 Å². The van der Waals surface area contributed by atoms with Crippen LogP contribution in [-0.2, 0) is 0 Å². The zero-order chi connectivity index (χ0) is 11.6. The lowest BCUT2D eigenvalue weighted by Crippen LogP contribution is -2.10. The molecule has 80 valence electrons. The molecule has 1 aromatic carbocycles. The fourth-order valence-corrected chi connectivity index (χ4v) is 0.798. The van der Waals surface area contributed by atoms with Crippen LogP contribution in [-0.4, -0.2) is 5.91 Å². The number of benzene rings is 1. The summed E-state index contributed by atoms with van der Waals surface area (Å²) >= 11 is 0. The lowest BCUT2D eigenvalue weighted by molar-refractivity contribution is 0.1000. The molecular formula is C12H21NO. The highest BCUT2D eigenvalue weighted by Crippen LogP contribution is 2.01. The first kappa shape index (κ1) is 15.2. The number of hydrogen-bond acceptors (Lipinski definition) is 1. The molecule has 0 heterocycles. The fourth-order valence-electron chi connectivity index (χ4n) is 0.798. The number of rotatable bonds is 1. The van der Waals surface area contributed by atoms with Crippen LogP contribution in [0.15, 0.2) is 24.3 Å². The second kappa shape index (κ2) is 9.78. The van der Waals surface area contributed by atoms with Gasteiger partial charge in [-0.3, -0.25) is 4.79 Å². The van der Waals surface area contributed by atoms with Crippen molar-refractivity contribution in [2.24, 2.45) is 5.73 Å². The minimum Gasteiger partial charge on any atom is -0.366 e. The van der Waals surface area contributed by atoms with Gasteiger partial charge in [-0.2, -0.15) is 0 Å². The summed E-state index contributed by atoms with van der Waals surface area (Å²) in [4.78, 5) is 10.6. The van der Waals surface area contributed by atoms with E-state index in [9.17, 15) is 4.79 Å². The number of carbonyl (C=O) groups excluding carboxylic acids is 1. The molecule has 0 aromatic heterocycles. The monoisotopic (exact) mass is 195 g/mol. The first-order valence-corrected chi connectivity index (χ1v) is 5.06. The molecule has 14 heavy (non-hydrogen) atoms. The Morgan fingerprint density at radius 1 is 1.14 bits per heavy atom. The molecule has 0 spiro atoms. The molecule has 0 atom stereocenters. The number of aryl methyl sites for hydroxylation is 1. The van der Waals surface area contributed by atoms with Crippen LogP contribution in [0.25, 0.3) is 0 Å². The van der Waals surface area contributed by atoms with Crippen LogP contribution >= 0.6 is 0 Å². The number of carbonyl (C=O) groups is 1. The second-order valence-electron chi connectivity index (χ2n) is 2.23. The normalized spacial score (nSPS) is 7.50. The predicted molar refractivity (Wildman–Crippen MR) is 62.4 cm³/mol. The van der Waals surface area contributed by atoms with E-state index in [-0.39, 0.29) is 5.91 Å². The van der Waals surface area contributed by atoms with Gasteiger partial charge >= 0.3 is 0 Å². The number of hydrogen-bond donors (Lipinski definition) is 1. The number of nitrogens with two attached hydrogens (primary N) is 1. The Kier molecular flexibility index (Phi) is 10.6. The Bertz CT molecular complexity index is 256. The van der Waals surface area contributed by atoms with E-state index in [4.69, 9.17) is 5.73 Å². The molecule has 0 aliphatic heterocycles. The van der Waals surface area contributed by atoms with E-state index >= 15 is 0 Å². The third kappa shape index (κ3) is 6.23. The number of primary amides is 1. The topological polar surface area (TPSA) is 43.1 Å². The van der Waals surface area contributed by atoms with Crippen LogP contribution in [0.2, 0.25) is 0 Å². The van der Waals surface area contributed by atoms with Gasteiger partial charge in [0, 0.05) is 5.56 Å². The third-order valence-electron chi connectivity index (χ3n) is 1.30. The van der Waals surface area contributed by atoms with Gasteiger partial charge in [0.2, 0.25) is 5.91 Å². The summed E-state index contributed by atoms with van der Waals surface area (Å²) in [6, 6.07) is 7.21. The van der Waals surface area contributed by atoms with E-state index in [1.165, 1.54) is 0 Å². The molecule has 0 unspecified atom stereocenters. The summed E-state index contributed by atoms with van der Waals surface area (Å²) in [7, 11) is 0. The zero-order valence-corrected chi connectivity index (χ0v) is 9.79. The molecule has 2 heteroatoms. The SMILES string of the molecule is CC.CC.Cc1cccc(C(N)=O)c1. The smallest absolute Gasteiger partial charge is 0.248 e. The van der Waals surface area contributed by atoms with Crippen molar-refractivity contribution in [1.82, 2.24) is 0 Å². The van der Waals surface area contributed by atoms with E-state index in [0.29, 0.717) is 5.56 Å². The molecule has 0 radical (unpaired) electrons. The second-order valence-corrected chi connectivity index (χ2v) is 2.23. The van der Waals surface area contributed by atoms with Crippen LogP contribution in [0.5, 0.6) is 0 Å². The third-order valence-corrected chi connectivity index (χ3v) is 1.30. The average Bonchev–Trinajstić information content (AvgIpc) is 2.24. The Morgan fingerprint density at radius 3 is 1.93 bits per heavy atom. The number of amides is 1. The minimum atomic E-state index is -0.372. The summed E-state index contributed by atoms with van der Waals surface area (Å²) in [5, 5.41) is 0. The molecule has 0 aliphatic carbocycles. The Morgan fingerprint density at radius 2 is 1.64 bits per heavy atom. The van der Waals surface area contributed by atoms with Crippen molar-refractivity contribution in [3.05, 3.63) is 35.4 Å². The molecule has 2 N–H and O–H groups in total. The van der Waals surface area contributed by atoms with E-state index in [1.807, 2.05) is 46.8 Å². The summed E-state index contributed by atoms with van der Waals surface area (Å²) in [5.74, 6) is -0.372. The van der Waals surface area contributed by atoms with Gasteiger partial charge in [-0.1, -0.05) is 45.4 Å². The summed E-state index contributed by atoms with van der Waals surface area (Å²) in [6.07, 6.45) is 0. The van der Waals surface area contributed by atoms with Crippen LogP contribution < -0.4 is 5.73 Å². The quantitative estimate of drug-likeness (QED) is 0.735. The molecule has 1 rings (SSSR count). The van der Waals surface area contributed by atoms with Crippen molar-refractivity contribution in [2.75, 3.05) is 0 Å². The molecular weight excluding hydrogens is 174 g/mol. The average molecular weight is 195 g/mol.